The molecule has 0 aliphatic carbocycles. The molecule has 0 spiro atoms. The molecule has 110 valence electrons. The van der Waals surface area contributed by atoms with Gasteiger partial charge in [-0.25, -0.2) is 0 Å². The first-order valence-corrected chi connectivity index (χ1v) is 7.12. The molecule has 0 aliphatic rings. The van der Waals surface area contributed by atoms with E-state index in [0.29, 0.717) is 6.61 Å². The summed E-state index contributed by atoms with van der Waals surface area (Å²) in [7, 11) is 0. The van der Waals surface area contributed by atoms with Crippen molar-refractivity contribution in [1.29, 1.82) is 5.26 Å². The maximum Gasteiger partial charge on any atom is 0.138 e. The van der Waals surface area contributed by atoms with Crippen LogP contribution in [0.1, 0.15) is 45.7 Å². The SMILES string of the molecule is CCNC(C)(C#N)COc1ccc(C)cc1C(C)(C)C. The zero-order valence-electron chi connectivity index (χ0n) is 13.5. The van der Waals surface area contributed by atoms with Crippen LogP contribution in [0.4, 0.5) is 0 Å². The van der Waals surface area contributed by atoms with Gasteiger partial charge in [-0.15, -0.1) is 0 Å². The van der Waals surface area contributed by atoms with E-state index in [1.165, 1.54) is 11.1 Å². The lowest BCUT2D eigenvalue weighted by Crippen LogP contribution is -2.46. The van der Waals surface area contributed by atoms with Gasteiger partial charge in [0.05, 0.1) is 6.07 Å². The molecule has 0 amide bonds. The van der Waals surface area contributed by atoms with Crippen LogP contribution in [0.25, 0.3) is 0 Å². The molecule has 1 aromatic carbocycles. The lowest BCUT2D eigenvalue weighted by atomic mass is 9.85. The summed E-state index contributed by atoms with van der Waals surface area (Å²) in [6.07, 6.45) is 0. The normalized spacial score (nSPS) is 14.4. The summed E-state index contributed by atoms with van der Waals surface area (Å²) < 4.78 is 5.94. The van der Waals surface area contributed by atoms with Gasteiger partial charge in [0.15, 0.2) is 0 Å². The maximum atomic E-state index is 9.28. The zero-order chi connectivity index (χ0) is 15.4. The van der Waals surface area contributed by atoms with Crippen molar-refractivity contribution >= 4 is 0 Å². The van der Waals surface area contributed by atoms with Crippen LogP contribution < -0.4 is 10.1 Å². The van der Waals surface area contributed by atoms with Crippen LogP contribution in [0.2, 0.25) is 0 Å². The van der Waals surface area contributed by atoms with Crippen LogP contribution in [0, 0.1) is 18.3 Å². The molecule has 0 aromatic heterocycles. The third-order valence-corrected chi connectivity index (χ3v) is 3.27. The number of aryl methyl sites for hydroxylation is 1. The summed E-state index contributed by atoms with van der Waals surface area (Å²) in [6.45, 7) is 13.5. The summed E-state index contributed by atoms with van der Waals surface area (Å²) in [5.41, 5.74) is 1.75. The summed E-state index contributed by atoms with van der Waals surface area (Å²) in [5.74, 6) is 0.863. The Hall–Kier alpha value is -1.53. The molecule has 3 heteroatoms. The summed E-state index contributed by atoms with van der Waals surface area (Å²) >= 11 is 0. The Morgan fingerprint density at radius 3 is 2.40 bits per heavy atom. The highest BCUT2D eigenvalue weighted by Gasteiger charge is 2.25. The van der Waals surface area contributed by atoms with E-state index >= 15 is 0 Å². The van der Waals surface area contributed by atoms with E-state index in [4.69, 9.17) is 4.74 Å². The van der Waals surface area contributed by atoms with Crippen molar-refractivity contribution in [2.75, 3.05) is 13.2 Å². The molecule has 1 aromatic rings. The molecular weight excluding hydrogens is 248 g/mol. The molecule has 0 radical (unpaired) electrons. The topological polar surface area (TPSA) is 45.0 Å². The van der Waals surface area contributed by atoms with E-state index in [1.54, 1.807) is 0 Å². The molecule has 3 nitrogen and oxygen atoms in total. The Balaban J connectivity index is 2.97. The minimum atomic E-state index is -0.658. The van der Waals surface area contributed by atoms with Crippen molar-refractivity contribution in [1.82, 2.24) is 5.32 Å². The first kappa shape index (κ1) is 16.5. The van der Waals surface area contributed by atoms with E-state index in [0.717, 1.165) is 12.3 Å². The average molecular weight is 274 g/mol. The fraction of sp³-hybridized carbons (Fsp3) is 0.588. The van der Waals surface area contributed by atoms with E-state index in [9.17, 15) is 5.26 Å². The van der Waals surface area contributed by atoms with Crippen molar-refractivity contribution in [2.45, 2.75) is 52.5 Å². The van der Waals surface area contributed by atoms with Crippen LogP contribution >= 0.6 is 0 Å². The van der Waals surface area contributed by atoms with Gasteiger partial charge in [0, 0.05) is 0 Å². The molecule has 0 saturated heterocycles. The highest BCUT2D eigenvalue weighted by molar-refractivity contribution is 5.41. The van der Waals surface area contributed by atoms with Crippen LogP contribution in [-0.4, -0.2) is 18.7 Å². The first-order chi connectivity index (χ1) is 9.22. The third kappa shape index (κ3) is 4.25. The van der Waals surface area contributed by atoms with Crippen molar-refractivity contribution in [3.05, 3.63) is 29.3 Å². The van der Waals surface area contributed by atoms with Crippen LogP contribution in [0.3, 0.4) is 0 Å². The van der Waals surface area contributed by atoms with Gasteiger partial charge in [-0.05, 0) is 37.4 Å². The standard InChI is InChI=1S/C17H26N2O/c1-7-19-17(6,11-18)12-20-15-9-8-13(2)10-14(15)16(3,4)5/h8-10,19H,7,12H2,1-6H3. The van der Waals surface area contributed by atoms with E-state index in [1.807, 2.05) is 26.0 Å². The number of rotatable bonds is 5. The second kappa shape index (κ2) is 6.28. The monoisotopic (exact) mass is 274 g/mol. The van der Waals surface area contributed by atoms with E-state index in [2.05, 4.69) is 45.1 Å². The predicted octanol–water partition coefficient (Wildman–Crippen LogP) is 3.56. The van der Waals surface area contributed by atoms with Gasteiger partial charge in [-0.2, -0.15) is 5.26 Å². The second-order valence-electron chi connectivity index (χ2n) is 6.51. The summed E-state index contributed by atoms with van der Waals surface area (Å²) in [5, 5.41) is 12.4. The van der Waals surface area contributed by atoms with Gasteiger partial charge < -0.3 is 4.74 Å². The van der Waals surface area contributed by atoms with Gasteiger partial charge >= 0.3 is 0 Å². The van der Waals surface area contributed by atoms with Crippen LogP contribution in [0.5, 0.6) is 5.75 Å². The highest BCUT2D eigenvalue weighted by Crippen LogP contribution is 2.32. The molecule has 0 aliphatic heterocycles. The fourth-order valence-electron chi connectivity index (χ4n) is 2.09. The van der Waals surface area contributed by atoms with Gasteiger partial charge in [0.1, 0.15) is 17.9 Å². The fourth-order valence-corrected chi connectivity index (χ4v) is 2.09. The molecular formula is C17H26N2O. The molecule has 0 fully saturated rings. The Morgan fingerprint density at radius 2 is 1.90 bits per heavy atom. The molecule has 1 unspecified atom stereocenters. The van der Waals surface area contributed by atoms with Crippen molar-refractivity contribution in [3.63, 3.8) is 0 Å². The second-order valence-corrected chi connectivity index (χ2v) is 6.51. The lowest BCUT2D eigenvalue weighted by molar-refractivity contribution is 0.232. The average Bonchev–Trinajstić information content (AvgIpc) is 2.36. The van der Waals surface area contributed by atoms with Crippen molar-refractivity contribution in [3.8, 4) is 11.8 Å². The summed E-state index contributed by atoms with van der Waals surface area (Å²) in [6, 6.07) is 8.48. The van der Waals surface area contributed by atoms with Crippen LogP contribution in [0.15, 0.2) is 18.2 Å². The Kier molecular flexibility index (Phi) is 5.19. The number of nitrogens with one attached hydrogen (secondary N) is 1. The number of nitriles is 1. The number of hydrogen-bond acceptors (Lipinski definition) is 3. The maximum absolute atomic E-state index is 9.28. The molecule has 0 bridgehead atoms. The smallest absolute Gasteiger partial charge is 0.138 e. The van der Waals surface area contributed by atoms with E-state index < -0.39 is 5.54 Å². The van der Waals surface area contributed by atoms with Crippen molar-refractivity contribution in [2.24, 2.45) is 0 Å². The van der Waals surface area contributed by atoms with Gasteiger partial charge in [-0.1, -0.05) is 45.4 Å². The minimum absolute atomic E-state index is 0.0165. The zero-order valence-corrected chi connectivity index (χ0v) is 13.5. The predicted molar refractivity (Wildman–Crippen MR) is 83.1 cm³/mol. The first-order valence-electron chi connectivity index (χ1n) is 7.12. The number of likely N-dealkylation sites (N-methyl/N-ethyl adjacent to an activating group) is 1. The largest absolute Gasteiger partial charge is 0.490 e. The summed E-state index contributed by atoms with van der Waals surface area (Å²) in [4.78, 5) is 0. The van der Waals surface area contributed by atoms with Gasteiger partial charge in [0.25, 0.3) is 0 Å². The number of nitrogens with zero attached hydrogens (tertiary/aromatic N) is 1. The molecule has 1 N–H and O–H groups in total. The molecule has 20 heavy (non-hydrogen) atoms. The van der Waals surface area contributed by atoms with Gasteiger partial charge in [0.2, 0.25) is 0 Å². The van der Waals surface area contributed by atoms with E-state index in [-0.39, 0.29) is 5.41 Å². The van der Waals surface area contributed by atoms with Gasteiger partial charge in [-0.3, -0.25) is 5.32 Å². The third-order valence-electron chi connectivity index (χ3n) is 3.27. The quantitative estimate of drug-likeness (QED) is 0.893. The molecule has 1 rings (SSSR count). The molecule has 0 heterocycles. The number of ether oxygens (including phenoxy) is 1. The number of hydrogen-bond donors (Lipinski definition) is 1. The molecule has 1 atom stereocenters. The highest BCUT2D eigenvalue weighted by atomic mass is 16.5. The molecule has 0 saturated carbocycles. The minimum Gasteiger partial charge on any atom is -0.490 e. The number of benzene rings is 1. The Morgan fingerprint density at radius 1 is 1.25 bits per heavy atom. The Bertz CT molecular complexity index is 497. The van der Waals surface area contributed by atoms with Crippen LogP contribution in [-0.2, 0) is 5.41 Å². The van der Waals surface area contributed by atoms with Crippen molar-refractivity contribution < 1.29 is 4.74 Å². The lowest BCUT2D eigenvalue weighted by Gasteiger charge is -2.27. The Labute approximate surface area is 123 Å².